The fourth-order valence-corrected chi connectivity index (χ4v) is 1.02. The Hall–Kier alpha value is -1.85. The average Bonchev–Trinajstić information content (AvgIpc) is 2.63. The minimum Gasteiger partial charge on any atom is -0.339 e. The van der Waals surface area contributed by atoms with Gasteiger partial charge < -0.3 is 4.98 Å². The van der Waals surface area contributed by atoms with Crippen molar-refractivity contribution in [3.63, 3.8) is 0 Å². The molecule has 0 aliphatic rings. The van der Waals surface area contributed by atoms with Gasteiger partial charge in [0.1, 0.15) is 5.52 Å². The molecule has 0 unspecified atom stereocenters. The van der Waals surface area contributed by atoms with Crippen LogP contribution >= 0.6 is 0 Å². The molecule has 0 saturated heterocycles. The molecule has 0 spiro atoms. The molecule has 0 amide bonds. The Balaban J connectivity index is 3.07. The van der Waals surface area contributed by atoms with Crippen LogP contribution in [0.25, 0.3) is 11.2 Å². The molecule has 13 heavy (non-hydrogen) atoms. The number of aryl methyl sites for hydroxylation is 1. The van der Waals surface area contributed by atoms with Crippen molar-refractivity contribution >= 4 is 11.2 Å². The van der Waals surface area contributed by atoms with E-state index in [0.717, 1.165) is 6.33 Å². The fraction of sp³-hybridized carbons (Fsp3) is 0.286. The lowest BCUT2D eigenvalue weighted by Gasteiger charge is -2.00. The summed E-state index contributed by atoms with van der Waals surface area (Å²) in [6.45, 7) is -4.79. The van der Waals surface area contributed by atoms with E-state index in [1.165, 1.54) is 0 Å². The van der Waals surface area contributed by atoms with Crippen LogP contribution in [0.3, 0.4) is 0 Å². The predicted octanol–water partition coefficient (Wildman–Crippen LogP) is -1.04. The topological polar surface area (TPSA) is 72.7 Å². The van der Waals surface area contributed by atoms with Crippen molar-refractivity contribution < 1.29 is 6.85 Å². The molecule has 0 aliphatic heterocycles. The van der Waals surface area contributed by atoms with Crippen LogP contribution in [0.2, 0.25) is 0 Å². The van der Waals surface area contributed by atoms with E-state index < -0.39 is 25.2 Å². The van der Waals surface area contributed by atoms with Gasteiger partial charge in [0, 0.05) is 20.8 Å². The SMILES string of the molecule is [2H]C([2H])n1c(=O)c2[nH]cnc2n(C([2H])([2H])[2H])c1=O. The first kappa shape index (κ1) is 3.91. The molecular weight excluding hydrogens is 172 g/mol. The molecule has 0 atom stereocenters. The average molecular weight is 185 g/mol. The van der Waals surface area contributed by atoms with Crippen LogP contribution in [0.5, 0.6) is 0 Å². The van der Waals surface area contributed by atoms with E-state index in [1.807, 2.05) is 0 Å². The number of imidazole rings is 1. The van der Waals surface area contributed by atoms with E-state index in [1.54, 1.807) is 0 Å². The highest BCUT2D eigenvalue weighted by molar-refractivity contribution is 5.68. The number of fused-ring (bicyclic) bond motifs is 1. The van der Waals surface area contributed by atoms with Crippen LogP contribution in [0.1, 0.15) is 6.85 Å². The maximum absolute atomic E-state index is 11.9. The largest absolute Gasteiger partial charge is 0.339 e. The van der Waals surface area contributed by atoms with Crippen LogP contribution in [0.4, 0.5) is 0 Å². The molecule has 2 rings (SSSR count). The third-order valence-corrected chi connectivity index (χ3v) is 1.66. The molecule has 6 heteroatoms. The molecule has 2 aromatic heterocycles. The van der Waals surface area contributed by atoms with E-state index in [9.17, 15) is 9.59 Å². The van der Waals surface area contributed by atoms with Crippen LogP contribution in [0, 0.1) is 0 Å². The Labute approximate surface area is 79.5 Å². The van der Waals surface area contributed by atoms with Crippen molar-refractivity contribution in [2.75, 3.05) is 0 Å². The Morgan fingerprint density at radius 2 is 2.38 bits per heavy atom. The Bertz CT molecular complexity index is 709. The number of nitrogens with one attached hydrogen (secondary N) is 1. The van der Waals surface area contributed by atoms with Crippen molar-refractivity contribution in [1.29, 1.82) is 0 Å². The van der Waals surface area contributed by atoms with Crippen LogP contribution in [-0.2, 0) is 14.0 Å². The summed E-state index contributed by atoms with van der Waals surface area (Å²) in [7, 11) is 0. The Morgan fingerprint density at radius 3 is 3.08 bits per heavy atom. The van der Waals surface area contributed by atoms with E-state index >= 15 is 0 Å². The second-order valence-electron chi connectivity index (χ2n) is 2.39. The summed E-state index contributed by atoms with van der Waals surface area (Å²) in [4.78, 5) is 29.7. The maximum Gasteiger partial charge on any atom is 0.332 e. The summed E-state index contributed by atoms with van der Waals surface area (Å²) >= 11 is 0. The van der Waals surface area contributed by atoms with Gasteiger partial charge in [-0.3, -0.25) is 13.9 Å². The highest BCUT2D eigenvalue weighted by Gasteiger charge is 2.08. The number of hydrogen-bond acceptors (Lipinski definition) is 3. The van der Waals surface area contributed by atoms with Crippen LogP contribution < -0.4 is 11.2 Å². The minimum absolute atomic E-state index is 0.227. The van der Waals surface area contributed by atoms with Crippen LogP contribution in [-0.4, -0.2) is 19.1 Å². The second-order valence-corrected chi connectivity index (χ2v) is 2.39. The number of hydrogen-bond donors (Lipinski definition) is 1. The first-order chi connectivity index (χ1) is 8.25. The molecule has 0 fully saturated rings. The van der Waals surface area contributed by atoms with Crippen molar-refractivity contribution in [3.05, 3.63) is 27.2 Å². The molecule has 2 aromatic rings. The molecule has 68 valence electrons. The number of aromatic nitrogens is 4. The molecule has 0 aliphatic carbocycles. The summed E-state index contributed by atoms with van der Waals surface area (Å²) in [5.74, 6) is 0. The monoisotopic (exact) mass is 185 g/mol. The highest BCUT2D eigenvalue weighted by Crippen LogP contribution is 1.97. The molecule has 0 aromatic carbocycles. The summed E-state index contributed by atoms with van der Waals surface area (Å²) in [6, 6.07) is 0. The maximum atomic E-state index is 11.9. The van der Waals surface area contributed by atoms with Crippen LogP contribution in [0.15, 0.2) is 15.9 Å². The van der Waals surface area contributed by atoms with Gasteiger partial charge in [0.25, 0.3) is 5.56 Å². The lowest BCUT2D eigenvalue weighted by molar-refractivity contribution is 0.709. The summed E-state index contributed by atoms with van der Waals surface area (Å²) in [5, 5.41) is 0. The molecule has 0 saturated carbocycles. The fourth-order valence-electron chi connectivity index (χ4n) is 1.02. The zero-order valence-electron chi connectivity index (χ0n) is 11.3. The third kappa shape index (κ3) is 0.851. The lowest BCUT2D eigenvalue weighted by Crippen LogP contribution is -2.36. The number of H-pyrrole nitrogens is 1. The van der Waals surface area contributed by atoms with Gasteiger partial charge in [-0.1, -0.05) is 0 Å². The molecule has 1 N–H and O–H groups in total. The predicted molar refractivity (Wildman–Crippen MR) is 46.6 cm³/mol. The number of nitrogens with zero attached hydrogens (tertiary/aromatic N) is 3. The van der Waals surface area contributed by atoms with Gasteiger partial charge in [0.2, 0.25) is 0 Å². The normalized spacial score (nSPS) is 17.8. The second kappa shape index (κ2) is 2.32. The first-order valence-corrected chi connectivity index (χ1v) is 3.30. The van der Waals surface area contributed by atoms with Gasteiger partial charge in [-0.15, -0.1) is 0 Å². The lowest BCUT2D eigenvalue weighted by atomic mass is 10.5. The van der Waals surface area contributed by atoms with Crippen molar-refractivity contribution in [3.8, 4) is 0 Å². The zero-order chi connectivity index (χ0) is 13.7. The van der Waals surface area contributed by atoms with E-state index in [0.29, 0.717) is 4.57 Å². The van der Waals surface area contributed by atoms with E-state index in [2.05, 4.69) is 9.97 Å². The van der Waals surface area contributed by atoms with Gasteiger partial charge in [-0.05, 0) is 0 Å². The molecular formula is C7H8N4O2. The smallest absolute Gasteiger partial charge is 0.332 e. The minimum atomic E-state index is -2.85. The highest BCUT2D eigenvalue weighted by atomic mass is 16.2. The Kier molecular flexibility index (Phi) is 0.696. The van der Waals surface area contributed by atoms with Gasteiger partial charge in [0.05, 0.1) is 6.33 Å². The summed E-state index contributed by atoms with van der Waals surface area (Å²) in [6.07, 6.45) is 1.07. The first-order valence-electron chi connectivity index (χ1n) is 5.96. The van der Waals surface area contributed by atoms with Gasteiger partial charge in [0.15, 0.2) is 5.65 Å². The van der Waals surface area contributed by atoms with Gasteiger partial charge >= 0.3 is 5.69 Å². The molecule has 0 radical (unpaired) electrons. The zero-order valence-corrected chi connectivity index (χ0v) is 6.31. The van der Waals surface area contributed by atoms with Crippen molar-refractivity contribution in [1.82, 2.24) is 19.1 Å². The van der Waals surface area contributed by atoms with Gasteiger partial charge in [-0.2, -0.15) is 0 Å². The summed E-state index contributed by atoms with van der Waals surface area (Å²) < 4.78 is 36.5. The van der Waals surface area contributed by atoms with E-state index in [4.69, 9.17) is 6.85 Å². The molecule has 6 nitrogen and oxygen atoms in total. The quantitative estimate of drug-likeness (QED) is 0.569. The summed E-state index contributed by atoms with van der Waals surface area (Å²) in [5.41, 5.74) is -2.74. The van der Waals surface area contributed by atoms with Crippen molar-refractivity contribution in [2.24, 2.45) is 14.0 Å². The third-order valence-electron chi connectivity index (χ3n) is 1.66. The van der Waals surface area contributed by atoms with Crippen molar-refractivity contribution in [2.45, 2.75) is 0 Å². The number of rotatable bonds is 0. The van der Waals surface area contributed by atoms with Gasteiger partial charge in [-0.25, -0.2) is 9.78 Å². The standard InChI is InChI=1S/C7H8N4O2/c1-10-5-4(8-3-9-5)6(12)11(2)7(10)13/h3H,1-2H3,(H,8,9)/i1D3,2D2. The van der Waals surface area contributed by atoms with E-state index in [-0.39, 0.29) is 15.7 Å². The Morgan fingerprint density at radius 1 is 1.54 bits per heavy atom. The molecule has 2 heterocycles. The number of aromatic amines is 1. The molecule has 0 bridgehead atoms.